The van der Waals surface area contributed by atoms with Crippen LogP contribution in [0.25, 0.3) is 81.4 Å². The summed E-state index contributed by atoms with van der Waals surface area (Å²) >= 11 is 1.86. The van der Waals surface area contributed by atoms with Gasteiger partial charge in [0, 0.05) is 42.7 Å². The van der Waals surface area contributed by atoms with Crippen molar-refractivity contribution in [3.63, 3.8) is 0 Å². The van der Waals surface area contributed by atoms with Crippen LogP contribution in [0.4, 0.5) is 0 Å². The van der Waals surface area contributed by atoms with Gasteiger partial charge in [0.15, 0.2) is 0 Å². The number of benzene rings is 6. The maximum atomic E-state index is 5.15. The van der Waals surface area contributed by atoms with E-state index >= 15 is 0 Å². The summed E-state index contributed by atoms with van der Waals surface area (Å²) in [5.41, 5.74) is 8.95. The largest absolute Gasteiger partial charge is 0.278 e. The molecule has 0 aliphatic rings. The molecule has 3 aromatic heterocycles. The Labute approximate surface area is 258 Å². The van der Waals surface area contributed by atoms with Crippen LogP contribution in [0.5, 0.6) is 0 Å². The predicted octanol–water partition coefficient (Wildman–Crippen LogP) is 10.9. The van der Waals surface area contributed by atoms with Gasteiger partial charge in [-0.15, -0.1) is 11.3 Å². The van der Waals surface area contributed by atoms with Gasteiger partial charge in [-0.25, -0.2) is 9.97 Å². The Kier molecular flexibility index (Phi) is 5.68. The van der Waals surface area contributed by atoms with Crippen LogP contribution in [0.2, 0.25) is 0 Å². The number of fused-ring (bicyclic) bond motifs is 7. The summed E-state index contributed by atoms with van der Waals surface area (Å²) in [5.74, 6) is 0.673. The van der Waals surface area contributed by atoms with E-state index in [0.29, 0.717) is 5.95 Å². The smallest absolute Gasteiger partial charge is 0.235 e. The Balaban J connectivity index is 1.16. The molecule has 9 rings (SSSR count). The van der Waals surface area contributed by atoms with Crippen LogP contribution in [0, 0.1) is 0 Å². The SMILES string of the molecule is c1ccc(-c2ccc(-c3cccc(-c4ccnc(-n5c6ccccc6c6c7sc8ccccc8c7ccc65)n4)c3)cc2)cc1. The van der Waals surface area contributed by atoms with Crippen LogP contribution in [0.15, 0.2) is 152 Å². The zero-order chi connectivity index (χ0) is 29.0. The lowest BCUT2D eigenvalue weighted by atomic mass is 9.98. The summed E-state index contributed by atoms with van der Waals surface area (Å²) in [6.07, 6.45) is 1.87. The normalized spacial score (nSPS) is 11.6. The Bertz CT molecular complexity index is 2490. The molecule has 3 nitrogen and oxygen atoms in total. The van der Waals surface area contributed by atoms with Gasteiger partial charge in [-0.2, -0.15) is 0 Å². The van der Waals surface area contributed by atoms with E-state index in [4.69, 9.17) is 9.97 Å². The zero-order valence-electron chi connectivity index (χ0n) is 23.7. The van der Waals surface area contributed by atoms with Crippen LogP contribution < -0.4 is 0 Å². The highest BCUT2D eigenvalue weighted by atomic mass is 32.1. The quantitative estimate of drug-likeness (QED) is 0.208. The fourth-order valence-corrected chi connectivity index (χ4v) is 7.67. The number of thiophene rings is 1. The molecule has 0 amide bonds. The molecular weight excluding hydrogens is 555 g/mol. The monoisotopic (exact) mass is 579 g/mol. The van der Waals surface area contributed by atoms with E-state index in [-0.39, 0.29) is 0 Å². The van der Waals surface area contributed by atoms with Gasteiger partial charge in [0.05, 0.1) is 16.7 Å². The highest BCUT2D eigenvalue weighted by molar-refractivity contribution is 7.26. The summed E-state index contributed by atoms with van der Waals surface area (Å²) < 4.78 is 4.82. The van der Waals surface area contributed by atoms with Gasteiger partial charge >= 0.3 is 0 Å². The first kappa shape index (κ1) is 25.0. The molecule has 0 spiro atoms. The average molecular weight is 580 g/mol. The molecular formula is C40H25N3S. The van der Waals surface area contributed by atoms with Crippen LogP contribution in [0.3, 0.4) is 0 Å². The van der Waals surface area contributed by atoms with Crippen molar-refractivity contribution in [2.24, 2.45) is 0 Å². The van der Waals surface area contributed by atoms with E-state index in [0.717, 1.165) is 27.9 Å². The second-order valence-corrected chi connectivity index (χ2v) is 12.1. The highest BCUT2D eigenvalue weighted by Gasteiger charge is 2.18. The minimum Gasteiger partial charge on any atom is -0.278 e. The first-order valence-electron chi connectivity index (χ1n) is 14.7. The van der Waals surface area contributed by atoms with Crippen LogP contribution in [-0.4, -0.2) is 14.5 Å². The second kappa shape index (κ2) is 10.0. The van der Waals surface area contributed by atoms with Crippen molar-refractivity contribution in [1.82, 2.24) is 14.5 Å². The van der Waals surface area contributed by atoms with Crippen LogP contribution in [-0.2, 0) is 0 Å². The zero-order valence-corrected chi connectivity index (χ0v) is 24.5. The molecule has 0 aliphatic heterocycles. The lowest BCUT2D eigenvalue weighted by Gasteiger charge is -2.10. The summed E-state index contributed by atoms with van der Waals surface area (Å²) in [7, 11) is 0. The van der Waals surface area contributed by atoms with Crippen LogP contribution in [0.1, 0.15) is 0 Å². The van der Waals surface area contributed by atoms with Gasteiger partial charge in [-0.3, -0.25) is 4.57 Å². The van der Waals surface area contributed by atoms with Crippen molar-refractivity contribution >= 4 is 53.3 Å². The Morgan fingerprint density at radius 1 is 0.477 bits per heavy atom. The van der Waals surface area contributed by atoms with Crippen molar-refractivity contribution in [3.05, 3.63) is 152 Å². The number of rotatable bonds is 4. The molecule has 0 N–H and O–H groups in total. The van der Waals surface area contributed by atoms with Crippen molar-refractivity contribution in [2.45, 2.75) is 0 Å². The highest BCUT2D eigenvalue weighted by Crippen LogP contribution is 2.43. The molecule has 0 fully saturated rings. The molecule has 4 heteroatoms. The number of para-hydroxylation sites is 1. The van der Waals surface area contributed by atoms with E-state index in [1.807, 2.05) is 29.7 Å². The fourth-order valence-electron chi connectivity index (χ4n) is 6.41. The van der Waals surface area contributed by atoms with Gasteiger partial charge in [0.25, 0.3) is 0 Å². The minimum atomic E-state index is 0.673. The topological polar surface area (TPSA) is 30.7 Å². The molecule has 3 heterocycles. The first-order chi connectivity index (χ1) is 21.8. The van der Waals surface area contributed by atoms with Gasteiger partial charge in [0.2, 0.25) is 5.95 Å². The molecule has 9 aromatic rings. The number of hydrogen-bond acceptors (Lipinski definition) is 3. The standard InChI is InChI=1S/C40H25N3S/c1-2-9-26(10-3-1)27-17-19-28(20-18-27)29-11-8-12-30(25-29)34-23-24-41-40(42-34)43-35-15-6-4-14-33(35)38-36(43)22-21-32-31-13-5-7-16-37(31)44-39(32)38/h1-25H. The summed E-state index contributed by atoms with van der Waals surface area (Å²) in [6.45, 7) is 0. The summed E-state index contributed by atoms with van der Waals surface area (Å²) in [4.78, 5) is 9.96. The van der Waals surface area contributed by atoms with E-state index in [2.05, 4.69) is 138 Å². The van der Waals surface area contributed by atoms with E-state index < -0.39 is 0 Å². The number of nitrogens with zero attached hydrogens (tertiary/aromatic N) is 3. The van der Waals surface area contributed by atoms with Gasteiger partial charge < -0.3 is 0 Å². The molecule has 0 radical (unpaired) electrons. The predicted molar refractivity (Wildman–Crippen MR) is 186 cm³/mol. The summed E-state index contributed by atoms with van der Waals surface area (Å²) in [5, 5.41) is 5.08. The van der Waals surface area contributed by atoms with E-state index in [1.165, 1.54) is 47.6 Å². The van der Waals surface area contributed by atoms with E-state index in [9.17, 15) is 0 Å². The third kappa shape index (κ3) is 3.96. The van der Waals surface area contributed by atoms with Gasteiger partial charge in [-0.1, -0.05) is 115 Å². The Morgan fingerprint density at radius 2 is 1.16 bits per heavy atom. The third-order valence-corrected chi connectivity index (χ3v) is 9.71. The number of aromatic nitrogens is 3. The molecule has 0 atom stereocenters. The lowest BCUT2D eigenvalue weighted by molar-refractivity contribution is 0.992. The summed E-state index contributed by atoms with van der Waals surface area (Å²) in [6, 6.07) is 51.6. The molecule has 0 bridgehead atoms. The number of hydrogen-bond donors (Lipinski definition) is 0. The Hall–Kier alpha value is -5.58. The minimum absolute atomic E-state index is 0.673. The molecule has 44 heavy (non-hydrogen) atoms. The molecule has 0 saturated carbocycles. The van der Waals surface area contributed by atoms with Gasteiger partial charge in [0.1, 0.15) is 0 Å². The third-order valence-electron chi connectivity index (χ3n) is 8.51. The fraction of sp³-hybridized carbons (Fsp3) is 0. The van der Waals surface area contributed by atoms with Crippen molar-refractivity contribution in [2.75, 3.05) is 0 Å². The maximum Gasteiger partial charge on any atom is 0.235 e. The van der Waals surface area contributed by atoms with Crippen molar-refractivity contribution in [3.8, 4) is 39.5 Å². The van der Waals surface area contributed by atoms with Gasteiger partial charge in [-0.05, 0) is 52.6 Å². The van der Waals surface area contributed by atoms with E-state index in [1.54, 1.807) is 0 Å². The molecule has 6 aromatic carbocycles. The van der Waals surface area contributed by atoms with Crippen molar-refractivity contribution in [1.29, 1.82) is 0 Å². The molecule has 0 saturated heterocycles. The van der Waals surface area contributed by atoms with Crippen LogP contribution >= 0.6 is 11.3 Å². The first-order valence-corrected chi connectivity index (χ1v) is 15.6. The Morgan fingerprint density at radius 3 is 2.02 bits per heavy atom. The lowest BCUT2D eigenvalue weighted by Crippen LogP contribution is -2.01. The molecule has 0 unspecified atom stereocenters. The second-order valence-electron chi connectivity index (χ2n) is 11.1. The maximum absolute atomic E-state index is 5.15. The average Bonchev–Trinajstić information content (AvgIpc) is 3.65. The molecule has 0 aliphatic carbocycles. The van der Waals surface area contributed by atoms with Crippen molar-refractivity contribution < 1.29 is 0 Å². The molecule has 206 valence electrons.